The predicted octanol–water partition coefficient (Wildman–Crippen LogP) is 2.63. The van der Waals surface area contributed by atoms with Crippen molar-refractivity contribution >= 4 is 25.6 Å². The first-order valence-corrected chi connectivity index (χ1v) is 8.08. The predicted molar refractivity (Wildman–Crippen MR) is 71.3 cm³/mol. The molecule has 0 bridgehead atoms. The lowest BCUT2D eigenvalue weighted by atomic mass is 10.2. The molecule has 0 spiro atoms. The van der Waals surface area contributed by atoms with Gasteiger partial charge >= 0.3 is 0 Å². The summed E-state index contributed by atoms with van der Waals surface area (Å²) in [5.74, 6) is -1.33. The van der Waals surface area contributed by atoms with Gasteiger partial charge in [-0.1, -0.05) is 13.3 Å². The van der Waals surface area contributed by atoms with Crippen molar-refractivity contribution in [3.8, 4) is 0 Å². The number of rotatable bonds is 5. The number of unbranched alkanes of at least 4 members (excludes halogenated alkanes) is 1. The number of amides is 1. The summed E-state index contributed by atoms with van der Waals surface area (Å²) in [5.41, 5.74) is -0.291. The monoisotopic (exact) mass is 307 g/mol. The molecule has 106 valence electrons. The molecular formula is C12H15ClFNO3S. The second-order valence-corrected chi connectivity index (χ2v) is 6.73. The van der Waals surface area contributed by atoms with Gasteiger partial charge in [0.15, 0.2) is 0 Å². The Kier molecular flexibility index (Phi) is 5.31. The molecule has 0 aliphatic rings. The molecule has 0 radical (unpaired) electrons. The summed E-state index contributed by atoms with van der Waals surface area (Å²) >= 11 is 0. The van der Waals surface area contributed by atoms with Crippen LogP contribution in [-0.4, -0.2) is 32.8 Å². The molecule has 0 atom stereocenters. The van der Waals surface area contributed by atoms with Crippen molar-refractivity contribution in [3.63, 3.8) is 0 Å². The Morgan fingerprint density at radius 1 is 1.42 bits per heavy atom. The van der Waals surface area contributed by atoms with E-state index in [1.165, 1.54) is 4.90 Å². The van der Waals surface area contributed by atoms with Crippen LogP contribution in [0, 0.1) is 5.82 Å². The lowest BCUT2D eigenvalue weighted by Crippen LogP contribution is -2.28. The third-order valence-corrected chi connectivity index (χ3v) is 4.00. The van der Waals surface area contributed by atoms with Gasteiger partial charge in [0.1, 0.15) is 5.82 Å². The second kappa shape index (κ2) is 6.34. The number of benzene rings is 1. The van der Waals surface area contributed by atoms with Crippen molar-refractivity contribution in [2.75, 3.05) is 13.6 Å². The van der Waals surface area contributed by atoms with Crippen molar-refractivity contribution in [1.82, 2.24) is 4.90 Å². The number of carbonyl (C=O) groups is 1. The minimum Gasteiger partial charge on any atom is -0.342 e. The molecule has 0 N–H and O–H groups in total. The zero-order valence-electron chi connectivity index (χ0n) is 10.7. The molecule has 1 aromatic carbocycles. The number of halogens is 2. The van der Waals surface area contributed by atoms with E-state index in [1.807, 2.05) is 6.92 Å². The SMILES string of the molecule is CCCCN(C)C(=O)c1cc(S(=O)(=O)Cl)ccc1F. The zero-order chi connectivity index (χ0) is 14.6. The smallest absolute Gasteiger partial charge is 0.261 e. The second-order valence-electron chi connectivity index (χ2n) is 4.16. The molecule has 0 aliphatic carbocycles. The van der Waals surface area contributed by atoms with Crippen molar-refractivity contribution in [2.24, 2.45) is 0 Å². The van der Waals surface area contributed by atoms with Gasteiger partial charge in [-0.05, 0) is 24.6 Å². The molecule has 0 saturated heterocycles. The number of carbonyl (C=O) groups excluding carboxylic acids is 1. The Morgan fingerprint density at radius 3 is 2.58 bits per heavy atom. The molecule has 0 fully saturated rings. The number of hydrogen-bond donors (Lipinski definition) is 0. The molecule has 1 aromatic rings. The first-order valence-electron chi connectivity index (χ1n) is 5.77. The van der Waals surface area contributed by atoms with Gasteiger partial charge in [0, 0.05) is 24.3 Å². The molecule has 7 heteroatoms. The van der Waals surface area contributed by atoms with E-state index < -0.39 is 20.8 Å². The van der Waals surface area contributed by atoms with Crippen molar-refractivity contribution in [3.05, 3.63) is 29.6 Å². The standard InChI is InChI=1S/C12H15ClFNO3S/c1-3-4-7-15(2)12(16)10-8-9(19(13,17)18)5-6-11(10)14/h5-6,8H,3-4,7H2,1-2H3. The van der Waals surface area contributed by atoms with Crippen LogP contribution in [0.3, 0.4) is 0 Å². The highest BCUT2D eigenvalue weighted by atomic mass is 35.7. The van der Waals surface area contributed by atoms with Gasteiger partial charge in [-0.15, -0.1) is 0 Å². The van der Waals surface area contributed by atoms with Crippen LogP contribution in [0.15, 0.2) is 23.1 Å². The Bertz CT molecular complexity index is 574. The molecule has 19 heavy (non-hydrogen) atoms. The molecule has 4 nitrogen and oxygen atoms in total. The third kappa shape index (κ3) is 4.18. The Labute approximate surface area is 116 Å². The maximum atomic E-state index is 13.6. The Morgan fingerprint density at radius 2 is 2.05 bits per heavy atom. The van der Waals surface area contributed by atoms with E-state index in [-0.39, 0.29) is 10.5 Å². The van der Waals surface area contributed by atoms with Gasteiger partial charge in [-0.2, -0.15) is 0 Å². The molecule has 0 saturated carbocycles. The van der Waals surface area contributed by atoms with Crippen LogP contribution in [0.1, 0.15) is 30.1 Å². The molecule has 1 amide bonds. The van der Waals surface area contributed by atoms with Crippen LogP contribution >= 0.6 is 10.7 Å². The normalized spacial score (nSPS) is 11.4. The Balaban J connectivity index is 3.09. The van der Waals surface area contributed by atoms with E-state index in [4.69, 9.17) is 10.7 Å². The zero-order valence-corrected chi connectivity index (χ0v) is 12.3. The van der Waals surface area contributed by atoms with Crippen molar-refractivity contribution in [1.29, 1.82) is 0 Å². The van der Waals surface area contributed by atoms with E-state index in [0.29, 0.717) is 6.54 Å². The summed E-state index contributed by atoms with van der Waals surface area (Å²) in [6.45, 7) is 2.45. The van der Waals surface area contributed by atoms with E-state index >= 15 is 0 Å². The molecule has 0 aliphatic heterocycles. The van der Waals surface area contributed by atoms with E-state index in [0.717, 1.165) is 31.0 Å². The summed E-state index contributed by atoms with van der Waals surface area (Å²) in [4.78, 5) is 13.1. The number of nitrogens with zero attached hydrogens (tertiary/aromatic N) is 1. The summed E-state index contributed by atoms with van der Waals surface area (Å²) in [5, 5.41) is 0. The van der Waals surface area contributed by atoms with Gasteiger partial charge in [0.2, 0.25) is 0 Å². The fraction of sp³-hybridized carbons (Fsp3) is 0.417. The minimum atomic E-state index is -3.98. The fourth-order valence-electron chi connectivity index (χ4n) is 1.52. The van der Waals surface area contributed by atoms with E-state index in [9.17, 15) is 17.6 Å². The van der Waals surface area contributed by atoms with E-state index in [2.05, 4.69) is 0 Å². The fourth-order valence-corrected chi connectivity index (χ4v) is 2.30. The van der Waals surface area contributed by atoms with Crippen LogP contribution in [0.25, 0.3) is 0 Å². The van der Waals surface area contributed by atoms with Gasteiger partial charge in [0.25, 0.3) is 15.0 Å². The molecule has 1 rings (SSSR count). The van der Waals surface area contributed by atoms with Gasteiger partial charge in [0.05, 0.1) is 10.5 Å². The average molecular weight is 308 g/mol. The summed E-state index contributed by atoms with van der Waals surface area (Å²) in [6.07, 6.45) is 1.69. The Hall–Kier alpha value is -1.14. The largest absolute Gasteiger partial charge is 0.342 e. The van der Waals surface area contributed by atoms with Crippen molar-refractivity contribution in [2.45, 2.75) is 24.7 Å². The van der Waals surface area contributed by atoms with E-state index in [1.54, 1.807) is 7.05 Å². The molecule has 0 unspecified atom stereocenters. The lowest BCUT2D eigenvalue weighted by Gasteiger charge is -2.17. The maximum absolute atomic E-state index is 13.6. The average Bonchev–Trinajstić information content (AvgIpc) is 2.34. The van der Waals surface area contributed by atoms with Crippen molar-refractivity contribution < 1.29 is 17.6 Å². The lowest BCUT2D eigenvalue weighted by molar-refractivity contribution is 0.0788. The van der Waals surface area contributed by atoms with Gasteiger partial charge in [-0.25, -0.2) is 12.8 Å². The highest BCUT2D eigenvalue weighted by molar-refractivity contribution is 8.13. The van der Waals surface area contributed by atoms with Gasteiger partial charge in [-0.3, -0.25) is 4.79 Å². The van der Waals surface area contributed by atoms with Gasteiger partial charge < -0.3 is 4.90 Å². The van der Waals surface area contributed by atoms with Crippen LogP contribution in [-0.2, 0) is 9.05 Å². The molecular weight excluding hydrogens is 293 g/mol. The van der Waals surface area contributed by atoms with Crippen LogP contribution in [0.2, 0.25) is 0 Å². The van der Waals surface area contributed by atoms with Crippen LogP contribution in [0.5, 0.6) is 0 Å². The maximum Gasteiger partial charge on any atom is 0.261 e. The summed E-state index contributed by atoms with van der Waals surface area (Å²) in [6, 6.07) is 2.92. The quantitative estimate of drug-likeness (QED) is 0.786. The summed E-state index contributed by atoms with van der Waals surface area (Å²) in [7, 11) is 2.73. The highest BCUT2D eigenvalue weighted by Crippen LogP contribution is 2.19. The van der Waals surface area contributed by atoms with Crippen LogP contribution < -0.4 is 0 Å². The highest BCUT2D eigenvalue weighted by Gasteiger charge is 2.19. The third-order valence-electron chi connectivity index (χ3n) is 2.64. The first kappa shape index (κ1) is 15.9. The minimum absolute atomic E-state index is 0.289. The molecule has 0 heterocycles. The molecule has 0 aromatic heterocycles. The van der Waals surface area contributed by atoms with Crippen LogP contribution in [0.4, 0.5) is 4.39 Å². The summed E-state index contributed by atoms with van der Waals surface area (Å²) < 4.78 is 36.0. The first-order chi connectivity index (χ1) is 8.77. The topological polar surface area (TPSA) is 54.5 Å². The number of hydrogen-bond acceptors (Lipinski definition) is 3.